The number of nitrogens with one attached hydrogen (secondary N) is 1. The lowest BCUT2D eigenvalue weighted by atomic mass is 10.1. The average molecular weight is 260 g/mol. The van der Waals surface area contributed by atoms with Gasteiger partial charge in [0.2, 0.25) is 11.7 Å². The van der Waals surface area contributed by atoms with Crippen molar-refractivity contribution in [1.82, 2.24) is 20.4 Å². The Kier molecular flexibility index (Phi) is 3.66. The van der Waals surface area contributed by atoms with Crippen LogP contribution in [0.25, 0.3) is 11.5 Å². The molecule has 5 heteroatoms. The summed E-state index contributed by atoms with van der Waals surface area (Å²) in [6, 6.07) is 2.06. The Morgan fingerprint density at radius 1 is 1.32 bits per heavy atom. The molecule has 0 saturated carbocycles. The zero-order valence-corrected chi connectivity index (χ0v) is 12.1. The molecule has 0 fully saturated rings. The quantitative estimate of drug-likeness (QED) is 0.915. The maximum Gasteiger partial charge on any atom is 0.246 e. The van der Waals surface area contributed by atoms with Crippen LogP contribution in [0, 0.1) is 13.8 Å². The third-order valence-electron chi connectivity index (χ3n) is 3.01. The molecule has 0 saturated heterocycles. The van der Waals surface area contributed by atoms with E-state index in [0.29, 0.717) is 11.7 Å². The summed E-state index contributed by atoms with van der Waals surface area (Å²) in [5, 5.41) is 7.35. The summed E-state index contributed by atoms with van der Waals surface area (Å²) in [6.07, 6.45) is 1.81. The molecule has 2 heterocycles. The van der Waals surface area contributed by atoms with Gasteiger partial charge < -0.3 is 9.84 Å². The van der Waals surface area contributed by atoms with Crippen LogP contribution < -0.4 is 5.32 Å². The van der Waals surface area contributed by atoms with E-state index in [1.165, 1.54) is 0 Å². The second-order valence-corrected chi connectivity index (χ2v) is 5.26. The van der Waals surface area contributed by atoms with Crippen LogP contribution in [0.3, 0.4) is 0 Å². The van der Waals surface area contributed by atoms with Crippen LogP contribution in [-0.2, 0) is 5.54 Å². The average Bonchev–Trinajstić information content (AvgIpc) is 2.78. The predicted molar refractivity (Wildman–Crippen MR) is 73.7 cm³/mol. The molecule has 2 rings (SSSR count). The number of aromatic nitrogens is 3. The van der Waals surface area contributed by atoms with Crippen LogP contribution >= 0.6 is 0 Å². The van der Waals surface area contributed by atoms with Gasteiger partial charge >= 0.3 is 0 Å². The highest BCUT2D eigenvalue weighted by Gasteiger charge is 2.27. The molecule has 0 radical (unpaired) electrons. The summed E-state index contributed by atoms with van der Waals surface area (Å²) in [5.74, 6) is 1.12. The third-order valence-corrected chi connectivity index (χ3v) is 3.01. The minimum Gasteiger partial charge on any atom is -0.337 e. The van der Waals surface area contributed by atoms with Crippen LogP contribution in [0.15, 0.2) is 16.8 Å². The van der Waals surface area contributed by atoms with Crippen LogP contribution in [0.5, 0.6) is 0 Å². The van der Waals surface area contributed by atoms with Crippen LogP contribution in [0.1, 0.15) is 37.8 Å². The van der Waals surface area contributed by atoms with Crippen molar-refractivity contribution in [2.45, 2.75) is 40.2 Å². The van der Waals surface area contributed by atoms with Gasteiger partial charge in [0.05, 0.1) is 5.54 Å². The number of hydrogen-bond acceptors (Lipinski definition) is 5. The van der Waals surface area contributed by atoms with E-state index < -0.39 is 0 Å². The summed E-state index contributed by atoms with van der Waals surface area (Å²) in [6.45, 7) is 10.9. The summed E-state index contributed by atoms with van der Waals surface area (Å²) < 4.78 is 5.36. The van der Waals surface area contributed by atoms with E-state index in [1.54, 1.807) is 0 Å². The molecule has 0 aromatic carbocycles. The van der Waals surface area contributed by atoms with E-state index in [2.05, 4.69) is 26.5 Å². The zero-order chi connectivity index (χ0) is 14.0. The van der Waals surface area contributed by atoms with Crippen molar-refractivity contribution in [2.24, 2.45) is 0 Å². The molecular formula is C14H20N4O. The van der Waals surface area contributed by atoms with Gasteiger partial charge in [-0.3, -0.25) is 4.98 Å². The second-order valence-electron chi connectivity index (χ2n) is 5.26. The van der Waals surface area contributed by atoms with E-state index in [9.17, 15) is 0 Å². The Morgan fingerprint density at radius 3 is 2.68 bits per heavy atom. The second kappa shape index (κ2) is 5.09. The largest absolute Gasteiger partial charge is 0.337 e. The zero-order valence-electron chi connectivity index (χ0n) is 12.1. The van der Waals surface area contributed by atoms with Crippen LogP contribution in [0.4, 0.5) is 0 Å². The van der Waals surface area contributed by atoms with Gasteiger partial charge in [-0.05, 0) is 45.4 Å². The normalized spacial score (nSPS) is 11.8. The molecule has 19 heavy (non-hydrogen) atoms. The lowest BCUT2D eigenvalue weighted by molar-refractivity contribution is 0.272. The third kappa shape index (κ3) is 2.81. The maximum atomic E-state index is 5.36. The van der Waals surface area contributed by atoms with Crippen molar-refractivity contribution >= 4 is 0 Å². The SMILES string of the molecule is CCNC(C)(C)c1nc(-c2ncc(C)cc2C)no1. The number of hydrogen-bond donors (Lipinski definition) is 1. The van der Waals surface area contributed by atoms with E-state index in [1.807, 2.05) is 40.8 Å². The topological polar surface area (TPSA) is 63.8 Å². The fraction of sp³-hybridized carbons (Fsp3) is 0.500. The maximum absolute atomic E-state index is 5.36. The lowest BCUT2D eigenvalue weighted by Gasteiger charge is -2.20. The Morgan fingerprint density at radius 2 is 2.05 bits per heavy atom. The van der Waals surface area contributed by atoms with Gasteiger partial charge in [0.15, 0.2) is 0 Å². The lowest BCUT2D eigenvalue weighted by Crippen LogP contribution is -2.36. The minimum absolute atomic E-state index is 0.335. The molecule has 0 atom stereocenters. The van der Waals surface area contributed by atoms with Crippen molar-refractivity contribution < 1.29 is 4.52 Å². The fourth-order valence-corrected chi connectivity index (χ4v) is 2.04. The number of aryl methyl sites for hydroxylation is 2. The molecule has 2 aromatic heterocycles. The molecule has 102 valence electrons. The van der Waals surface area contributed by atoms with Gasteiger partial charge in [0, 0.05) is 6.20 Å². The Labute approximate surface area is 113 Å². The van der Waals surface area contributed by atoms with Crippen molar-refractivity contribution in [3.63, 3.8) is 0 Å². The van der Waals surface area contributed by atoms with Crippen molar-refractivity contribution in [2.75, 3.05) is 6.54 Å². The van der Waals surface area contributed by atoms with Crippen molar-refractivity contribution in [3.8, 4) is 11.5 Å². The Balaban J connectivity index is 2.35. The van der Waals surface area contributed by atoms with E-state index in [-0.39, 0.29) is 5.54 Å². The van der Waals surface area contributed by atoms with Gasteiger partial charge in [-0.1, -0.05) is 18.1 Å². The standard InChI is InChI=1S/C14H20N4O/c1-6-16-14(4,5)13-17-12(18-19-13)11-10(3)7-9(2)8-15-11/h7-8,16H,6H2,1-5H3. The highest BCUT2D eigenvalue weighted by atomic mass is 16.5. The number of nitrogens with zero attached hydrogens (tertiary/aromatic N) is 3. The molecule has 5 nitrogen and oxygen atoms in total. The first kappa shape index (κ1) is 13.7. The molecular weight excluding hydrogens is 240 g/mol. The number of pyridine rings is 1. The smallest absolute Gasteiger partial charge is 0.246 e. The summed E-state index contributed by atoms with van der Waals surface area (Å²) in [4.78, 5) is 8.84. The molecule has 0 amide bonds. The van der Waals surface area contributed by atoms with Gasteiger partial charge in [-0.25, -0.2) is 0 Å². The van der Waals surface area contributed by atoms with Gasteiger partial charge in [-0.15, -0.1) is 0 Å². The van der Waals surface area contributed by atoms with Crippen molar-refractivity contribution in [3.05, 3.63) is 29.3 Å². The molecule has 0 aliphatic carbocycles. The molecule has 2 aromatic rings. The molecule has 1 N–H and O–H groups in total. The van der Waals surface area contributed by atoms with Gasteiger partial charge in [-0.2, -0.15) is 4.98 Å². The molecule has 0 aliphatic heterocycles. The van der Waals surface area contributed by atoms with Crippen LogP contribution in [0.2, 0.25) is 0 Å². The Hall–Kier alpha value is -1.75. The molecule has 0 spiro atoms. The summed E-state index contributed by atoms with van der Waals surface area (Å²) in [7, 11) is 0. The molecule has 0 aliphatic rings. The predicted octanol–water partition coefficient (Wildman–Crippen LogP) is 2.59. The first-order chi connectivity index (χ1) is 8.94. The monoisotopic (exact) mass is 260 g/mol. The first-order valence-electron chi connectivity index (χ1n) is 6.47. The van der Waals surface area contributed by atoms with Crippen molar-refractivity contribution in [1.29, 1.82) is 0 Å². The highest BCUT2D eigenvalue weighted by molar-refractivity contribution is 5.54. The summed E-state index contributed by atoms with van der Waals surface area (Å²) >= 11 is 0. The summed E-state index contributed by atoms with van der Waals surface area (Å²) in [5.41, 5.74) is 2.61. The van der Waals surface area contributed by atoms with E-state index >= 15 is 0 Å². The highest BCUT2D eigenvalue weighted by Crippen LogP contribution is 2.23. The molecule has 0 bridgehead atoms. The van der Waals surface area contributed by atoms with E-state index in [4.69, 9.17) is 4.52 Å². The number of rotatable bonds is 4. The first-order valence-corrected chi connectivity index (χ1v) is 6.47. The van der Waals surface area contributed by atoms with E-state index in [0.717, 1.165) is 23.4 Å². The Bertz CT molecular complexity index is 575. The molecule has 0 unspecified atom stereocenters. The van der Waals surface area contributed by atoms with Gasteiger partial charge in [0.25, 0.3) is 0 Å². The van der Waals surface area contributed by atoms with Crippen LogP contribution in [-0.4, -0.2) is 21.7 Å². The van der Waals surface area contributed by atoms with Gasteiger partial charge in [0.1, 0.15) is 5.69 Å². The fourth-order valence-electron chi connectivity index (χ4n) is 2.04. The minimum atomic E-state index is -0.335.